The Labute approximate surface area is 166 Å². The van der Waals surface area contributed by atoms with Crippen molar-refractivity contribution >= 4 is 28.2 Å². The molecule has 0 bridgehead atoms. The van der Waals surface area contributed by atoms with E-state index in [4.69, 9.17) is 0 Å². The standard InChI is InChI=1S/C20H21N7S/c1-12-2-4-13(5-3-12)8-17-25-27-20(28-17)14-6-7-15(9-14)24-18-16-10-23-26-19(16)22-11-21-18/h2-5,10-11,14-15H,6-9H2,1H3,(H2,21,22,23,24,26). The Kier molecular flexibility index (Phi) is 4.48. The van der Waals surface area contributed by atoms with Crippen molar-refractivity contribution in [2.75, 3.05) is 5.32 Å². The van der Waals surface area contributed by atoms with E-state index in [1.807, 2.05) is 0 Å². The number of aromatic amines is 1. The molecule has 4 aromatic rings. The first-order valence-corrected chi connectivity index (χ1v) is 10.3. The number of aryl methyl sites for hydroxylation is 1. The second kappa shape index (κ2) is 7.27. The van der Waals surface area contributed by atoms with Gasteiger partial charge in [0.15, 0.2) is 5.65 Å². The lowest BCUT2D eigenvalue weighted by Gasteiger charge is -2.13. The van der Waals surface area contributed by atoms with Crippen LogP contribution >= 0.6 is 11.3 Å². The summed E-state index contributed by atoms with van der Waals surface area (Å²) in [6.45, 7) is 2.11. The summed E-state index contributed by atoms with van der Waals surface area (Å²) in [5, 5.41) is 22.6. The van der Waals surface area contributed by atoms with E-state index in [2.05, 4.69) is 66.9 Å². The van der Waals surface area contributed by atoms with E-state index in [1.165, 1.54) is 11.1 Å². The van der Waals surface area contributed by atoms with Crippen molar-refractivity contribution < 1.29 is 0 Å². The van der Waals surface area contributed by atoms with Gasteiger partial charge in [0, 0.05) is 18.4 Å². The molecule has 0 spiro atoms. The Hall–Kier alpha value is -2.87. The van der Waals surface area contributed by atoms with Gasteiger partial charge in [0.05, 0.1) is 11.6 Å². The van der Waals surface area contributed by atoms with Crippen molar-refractivity contribution in [2.24, 2.45) is 0 Å². The molecule has 1 aliphatic rings. The number of nitrogens with zero attached hydrogens (tertiary/aromatic N) is 5. The maximum absolute atomic E-state index is 4.50. The van der Waals surface area contributed by atoms with Gasteiger partial charge in [0.1, 0.15) is 22.2 Å². The Bertz CT molecular complexity index is 1090. The molecule has 2 atom stereocenters. The number of rotatable bonds is 5. The summed E-state index contributed by atoms with van der Waals surface area (Å²) in [6.07, 6.45) is 7.45. The van der Waals surface area contributed by atoms with Gasteiger partial charge >= 0.3 is 0 Å². The van der Waals surface area contributed by atoms with Gasteiger partial charge in [-0.2, -0.15) is 5.10 Å². The first-order valence-electron chi connectivity index (χ1n) is 9.53. The molecule has 28 heavy (non-hydrogen) atoms. The van der Waals surface area contributed by atoms with Gasteiger partial charge in [-0.05, 0) is 31.7 Å². The molecule has 1 aliphatic carbocycles. The van der Waals surface area contributed by atoms with E-state index in [1.54, 1.807) is 23.9 Å². The van der Waals surface area contributed by atoms with Crippen LogP contribution in [0.1, 0.15) is 46.3 Å². The molecule has 8 heteroatoms. The van der Waals surface area contributed by atoms with E-state index < -0.39 is 0 Å². The van der Waals surface area contributed by atoms with Crippen LogP contribution in [0, 0.1) is 6.92 Å². The highest BCUT2D eigenvalue weighted by Crippen LogP contribution is 2.37. The van der Waals surface area contributed by atoms with E-state index in [9.17, 15) is 0 Å². The maximum Gasteiger partial charge on any atom is 0.160 e. The van der Waals surface area contributed by atoms with E-state index >= 15 is 0 Å². The molecule has 7 nitrogen and oxygen atoms in total. The average Bonchev–Trinajstić information content (AvgIpc) is 3.44. The number of benzene rings is 1. The van der Waals surface area contributed by atoms with Crippen LogP contribution in [0.5, 0.6) is 0 Å². The van der Waals surface area contributed by atoms with Gasteiger partial charge in [-0.15, -0.1) is 21.5 Å². The molecule has 1 fully saturated rings. The third kappa shape index (κ3) is 3.47. The second-order valence-corrected chi connectivity index (χ2v) is 8.50. The van der Waals surface area contributed by atoms with Crippen LogP contribution in [0.4, 0.5) is 5.82 Å². The Morgan fingerprint density at radius 1 is 1.14 bits per heavy atom. The normalized spacial score (nSPS) is 19.3. The Balaban J connectivity index is 1.24. The molecule has 1 saturated carbocycles. The number of hydrogen-bond donors (Lipinski definition) is 2. The zero-order valence-electron chi connectivity index (χ0n) is 15.6. The predicted octanol–water partition coefficient (Wildman–Crippen LogP) is 3.85. The highest BCUT2D eigenvalue weighted by molar-refractivity contribution is 7.11. The summed E-state index contributed by atoms with van der Waals surface area (Å²) in [6, 6.07) is 9.01. The lowest BCUT2D eigenvalue weighted by molar-refractivity contribution is 0.686. The molecule has 2 N–H and O–H groups in total. The van der Waals surface area contributed by atoms with Crippen molar-refractivity contribution in [3.63, 3.8) is 0 Å². The fourth-order valence-electron chi connectivity index (χ4n) is 3.79. The molecule has 0 saturated heterocycles. The zero-order valence-corrected chi connectivity index (χ0v) is 16.4. The summed E-state index contributed by atoms with van der Waals surface area (Å²) in [5.74, 6) is 1.31. The third-order valence-corrected chi connectivity index (χ3v) is 6.41. The second-order valence-electron chi connectivity index (χ2n) is 7.40. The number of aromatic nitrogens is 6. The fraction of sp³-hybridized carbons (Fsp3) is 0.350. The SMILES string of the molecule is Cc1ccc(Cc2nnc(C3CCC(Nc4ncnc5[nH]ncc45)C3)s2)cc1. The molecule has 142 valence electrons. The minimum Gasteiger partial charge on any atom is -0.367 e. The lowest BCUT2D eigenvalue weighted by Crippen LogP contribution is -2.16. The number of hydrogen-bond acceptors (Lipinski definition) is 7. The van der Waals surface area contributed by atoms with Crippen molar-refractivity contribution in [2.45, 2.75) is 44.6 Å². The van der Waals surface area contributed by atoms with Crippen LogP contribution in [-0.2, 0) is 6.42 Å². The summed E-state index contributed by atoms with van der Waals surface area (Å²) >= 11 is 1.75. The molecular weight excluding hydrogens is 370 g/mol. The van der Waals surface area contributed by atoms with Gasteiger partial charge < -0.3 is 5.32 Å². The number of nitrogens with one attached hydrogen (secondary N) is 2. The highest BCUT2D eigenvalue weighted by Gasteiger charge is 2.29. The summed E-state index contributed by atoms with van der Waals surface area (Å²) in [7, 11) is 0. The van der Waals surface area contributed by atoms with E-state index in [-0.39, 0.29) is 0 Å². The van der Waals surface area contributed by atoms with Crippen LogP contribution in [0.2, 0.25) is 0 Å². The minimum atomic E-state index is 0.377. The van der Waals surface area contributed by atoms with Crippen molar-refractivity contribution in [3.8, 4) is 0 Å². The topological polar surface area (TPSA) is 92.3 Å². The van der Waals surface area contributed by atoms with Crippen molar-refractivity contribution in [3.05, 3.63) is 57.9 Å². The van der Waals surface area contributed by atoms with Gasteiger partial charge in [-0.3, -0.25) is 5.10 Å². The Morgan fingerprint density at radius 3 is 2.93 bits per heavy atom. The van der Waals surface area contributed by atoms with Gasteiger partial charge in [-0.25, -0.2) is 9.97 Å². The molecule has 0 radical (unpaired) electrons. The smallest absolute Gasteiger partial charge is 0.160 e. The van der Waals surface area contributed by atoms with Crippen LogP contribution in [-0.4, -0.2) is 36.4 Å². The number of H-pyrrole nitrogens is 1. The first kappa shape index (κ1) is 17.2. The van der Waals surface area contributed by atoms with Crippen LogP contribution in [0.15, 0.2) is 36.8 Å². The average molecular weight is 392 g/mol. The van der Waals surface area contributed by atoms with E-state index in [0.29, 0.717) is 12.0 Å². The minimum absolute atomic E-state index is 0.377. The molecule has 3 heterocycles. The molecule has 5 rings (SSSR count). The summed E-state index contributed by atoms with van der Waals surface area (Å²) < 4.78 is 0. The lowest BCUT2D eigenvalue weighted by atomic mass is 10.1. The fourth-order valence-corrected chi connectivity index (χ4v) is 4.82. The molecule has 0 aliphatic heterocycles. The van der Waals surface area contributed by atoms with Crippen molar-refractivity contribution in [1.29, 1.82) is 0 Å². The number of anilines is 1. The van der Waals surface area contributed by atoms with Crippen LogP contribution in [0.25, 0.3) is 11.0 Å². The monoisotopic (exact) mass is 391 g/mol. The summed E-state index contributed by atoms with van der Waals surface area (Å²) in [5.41, 5.74) is 3.33. The van der Waals surface area contributed by atoms with Gasteiger partial charge in [0.25, 0.3) is 0 Å². The number of fused-ring (bicyclic) bond motifs is 1. The molecular formula is C20H21N7S. The van der Waals surface area contributed by atoms with Gasteiger partial charge in [-0.1, -0.05) is 29.8 Å². The van der Waals surface area contributed by atoms with Crippen LogP contribution in [0.3, 0.4) is 0 Å². The van der Waals surface area contributed by atoms with Crippen molar-refractivity contribution in [1.82, 2.24) is 30.4 Å². The largest absolute Gasteiger partial charge is 0.367 e. The zero-order chi connectivity index (χ0) is 18.9. The third-order valence-electron chi connectivity index (χ3n) is 5.33. The highest BCUT2D eigenvalue weighted by atomic mass is 32.1. The van der Waals surface area contributed by atoms with E-state index in [0.717, 1.165) is 52.5 Å². The molecule has 3 aromatic heterocycles. The molecule has 1 aromatic carbocycles. The molecule has 2 unspecified atom stereocenters. The predicted molar refractivity (Wildman–Crippen MR) is 110 cm³/mol. The van der Waals surface area contributed by atoms with Gasteiger partial charge in [0.2, 0.25) is 0 Å². The van der Waals surface area contributed by atoms with Crippen LogP contribution < -0.4 is 5.32 Å². The Morgan fingerprint density at radius 2 is 2.04 bits per heavy atom. The molecule has 0 amide bonds. The summed E-state index contributed by atoms with van der Waals surface area (Å²) in [4.78, 5) is 8.58. The first-order chi connectivity index (χ1) is 13.7. The quantitative estimate of drug-likeness (QED) is 0.537. The maximum atomic E-state index is 4.50.